The number of carbonyl (C=O) groups is 1. The van der Waals surface area contributed by atoms with Crippen LogP contribution < -0.4 is 9.16 Å². The molecule has 0 bridgehead atoms. The first kappa shape index (κ1) is 20.5. The molecule has 0 saturated carbocycles. The summed E-state index contributed by atoms with van der Waals surface area (Å²) in [5.74, 6) is 1.73. The van der Waals surface area contributed by atoms with Crippen LogP contribution in [0.3, 0.4) is 0 Å². The number of hydrogen-bond donors (Lipinski definition) is 0. The van der Waals surface area contributed by atoms with Crippen molar-refractivity contribution >= 4 is 14.1 Å². The zero-order valence-electron chi connectivity index (χ0n) is 15.9. The second-order valence-electron chi connectivity index (χ2n) is 7.06. The Hall–Kier alpha value is -1.55. The zero-order chi connectivity index (χ0) is 18.0. The lowest BCUT2D eigenvalue weighted by atomic mass is 10.1. The second kappa shape index (κ2) is 10.3. The first-order valence-electron chi connectivity index (χ1n) is 8.91. The van der Waals surface area contributed by atoms with Crippen LogP contribution in [0.4, 0.5) is 0 Å². The van der Waals surface area contributed by atoms with Gasteiger partial charge in [0.25, 0.3) is 0 Å². The number of ketones is 1. The molecule has 0 aliphatic heterocycles. The van der Waals surface area contributed by atoms with Crippen molar-refractivity contribution in [2.45, 2.75) is 65.1 Å². The van der Waals surface area contributed by atoms with E-state index in [0.717, 1.165) is 36.3 Å². The number of aryl methyl sites for hydroxylation is 1. The highest BCUT2D eigenvalue weighted by atomic mass is 28.4. The van der Waals surface area contributed by atoms with Crippen LogP contribution in [0, 0.1) is 0 Å². The zero-order valence-corrected chi connectivity index (χ0v) is 16.9. The van der Waals surface area contributed by atoms with Gasteiger partial charge in [0.1, 0.15) is 5.75 Å². The van der Waals surface area contributed by atoms with E-state index in [2.05, 4.69) is 26.6 Å². The van der Waals surface area contributed by atoms with Crippen molar-refractivity contribution in [3.8, 4) is 11.5 Å². The lowest BCUT2D eigenvalue weighted by Gasteiger charge is -2.21. The standard InChI is InChI=1S/C20H32O3Si/c1-6-7-8-9-10-11-18(21)14-12-17-13-15-19(20(16-17)22-2)23-24(3,4)5/h10-11,13,15-16H,6-9,12,14H2,1-5H3. The Labute approximate surface area is 148 Å². The molecule has 0 heterocycles. The number of hydrogen-bond acceptors (Lipinski definition) is 3. The van der Waals surface area contributed by atoms with Gasteiger partial charge < -0.3 is 9.16 Å². The molecule has 0 amide bonds. The summed E-state index contributed by atoms with van der Waals surface area (Å²) in [5, 5.41) is 0. The van der Waals surface area contributed by atoms with E-state index in [9.17, 15) is 4.79 Å². The smallest absolute Gasteiger partial charge is 0.242 e. The van der Waals surface area contributed by atoms with Gasteiger partial charge in [-0.1, -0.05) is 31.9 Å². The molecule has 1 aromatic rings. The van der Waals surface area contributed by atoms with Gasteiger partial charge >= 0.3 is 0 Å². The summed E-state index contributed by atoms with van der Waals surface area (Å²) in [4.78, 5) is 11.9. The number of allylic oxidation sites excluding steroid dienone is 2. The molecule has 1 rings (SSSR count). The molecule has 24 heavy (non-hydrogen) atoms. The molecule has 0 aliphatic carbocycles. The average Bonchev–Trinajstić information content (AvgIpc) is 2.52. The maximum atomic E-state index is 11.9. The quantitative estimate of drug-likeness (QED) is 0.299. The number of unbranched alkanes of at least 4 members (excludes halogenated alkanes) is 3. The molecule has 0 N–H and O–H groups in total. The van der Waals surface area contributed by atoms with Crippen LogP contribution in [0.1, 0.15) is 44.6 Å². The van der Waals surface area contributed by atoms with Crippen molar-refractivity contribution in [3.05, 3.63) is 35.9 Å². The lowest BCUT2D eigenvalue weighted by Crippen LogP contribution is -2.29. The lowest BCUT2D eigenvalue weighted by molar-refractivity contribution is -0.114. The summed E-state index contributed by atoms with van der Waals surface area (Å²) in [6.07, 6.45) is 9.58. The van der Waals surface area contributed by atoms with Crippen LogP contribution in [0.5, 0.6) is 11.5 Å². The van der Waals surface area contributed by atoms with Crippen LogP contribution in [-0.2, 0) is 11.2 Å². The average molecular weight is 349 g/mol. The van der Waals surface area contributed by atoms with Gasteiger partial charge in [0, 0.05) is 6.42 Å². The first-order chi connectivity index (χ1) is 11.4. The van der Waals surface area contributed by atoms with Crippen LogP contribution >= 0.6 is 0 Å². The van der Waals surface area contributed by atoms with Gasteiger partial charge in [0.05, 0.1) is 7.11 Å². The predicted molar refractivity (Wildman–Crippen MR) is 104 cm³/mol. The number of rotatable bonds is 11. The van der Waals surface area contributed by atoms with E-state index in [1.165, 1.54) is 12.8 Å². The minimum Gasteiger partial charge on any atom is -0.542 e. The van der Waals surface area contributed by atoms with Crippen LogP contribution in [0.2, 0.25) is 19.6 Å². The van der Waals surface area contributed by atoms with E-state index in [-0.39, 0.29) is 5.78 Å². The van der Waals surface area contributed by atoms with E-state index in [1.807, 2.05) is 24.3 Å². The molecule has 1 aromatic carbocycles. The van der Waals surface area contributed by atoms with E-state index < -0.39 is 8.32 Å². The number of benzene rings is 1. The molecular weight excluding hydrogens is 316 g/mol. The fraction of sp³-hybridized carbons (Fsp3) is 0.550. The van der Waals surface area contributed by atoms with Crippen molar-refractivity contribution in [2.24, 2.45) is 0 Å². The largest absolute Gasteiger partial charge is 0.542 e. The maximum Gasteiger partial charge on any atom is 0.242 e. The molecular formula is C20H32O3Si. The first-order valence-corrected chi connectivity index (χ1v) is 12.3. The predicted octanol–water partition coefficient (Wildman–Crippen LogP) is 5.55. The Morgan fingerprint density at radius 1 is 1.17 bits per heavy atom. The fourth-order valence-electron chi connectivity index (χ4n) is 2.36. The van der Waals surface area contributed by atoms with Gasteiger partial charge in [-0.25, -0.2) is 0 Å². The molecule has 0 spiro atoms. The topological polar surface area (TPSA) is 35.5 Å². The minimum absolute atomic E-state index is 0.188. The maximum absolute atomic E-state index is 11.9. The van der Waals surface area contributed by atoms with Crippen molar-refractivity contribution in [1.29, 1.82) is 0 Å². The Morgan fingerprint density at radius 3 is 2.54 bits per heavy atom. The molecule has 0 saturated heterocycles. The molecule has 0 atom stereocenters. The highest BCUT2D eigenvalue weighted by Crippen LogP contribution is 2.30. The normalized spacial score (nSPS) is 11.7. The molecule has 3 nitrogen and oxygen atoms in total. The Morgan fingerprint density at radius 2 is 1.92 bits per heavy atom. The summed E-state index contributed by atoms with van der Waals surface area (Å²) >= 11 is 0. The van der Waals surface area contributed by atoms with Crippen LogP contribution in [-0.4, -0.2) is 21.2 Å². The molecule has 0 unspecified atom stereocenters. The van der Waals surface area contributed by atoms with Gasteiger partial charge in [0.15, 0.2) is 11.5 Å². The minimum atomic E-state index is -1.67. The third-order valence-electron chi connectivity index (χ3n) is 3.58. The molecule has 0 aliphatic rings. The van der Waals surface area contributed by atoms with Crippen LogP contribution in [0.25, 0.3) is 0 Å². The summed E-state index contributed by atoms with van der Waals surface area (Å²) in [5.41, 5.74) is 1.10. The third kappa shape index (κ3) is 8.34. The van der Waals surface area contributed by atoms with E-state index in [1.54, 1.807) is 13.2 Å². The summed E-state index contributed by atoms with van der Waals surface area (Å²) < 4.78 is 11.5. The summed E-state index contributed by atoms with van der Waals surface area (Å²) in [6, 6.07) is 5.96. The summed E-state index contributed by atoms with van der Waals surface area (Å²) in [6.45, 7) is 8.62. The van der Waals surface area contributed by atoms with Gasteiger partial charge in [-0.3, -0.25) is 4.79 Å². The van der Waals surface area contributed by atoms with Crippen molar-refractivity contribution in [3.63, 3.8) is 0 Å². The Balaban J connectivity index is 2.55. The SMILES string of the molecule is CCCCCC=CC(=O)CCc1ccc(O[Si](C)(C)C)c(OC)c1. The molecule has 0 fully saturated rings. The van der Waals surface area contributed by atoms with Crippen molar-refractivity contribution in [2.75, 3.05) is 7.11 Å². The molecule has 0 radical (unpaired) electrons. The van der Waals surface area contributed by atoms with Gasteiger partial charge in [-0.15, -0.1) is 0 Å². The second-order valence-corrected chi connectivity index (χ2v) is 11.5. The highest BCUT2D eigenvalue weighted by Gasteiger charge is 2.18. The Bertz CT molecular complexity index is 544. The van der Waals surface area contributed by atoms with Gasteiger partial charge in [0.2, 0.25) is 8.32 Å². The van der Waals surface area contributed by atoms with E-state index in [0.29, 0.717) is 6.42 Å². The molecule has 134 valence electrons. The summed E-state index contributed by atoms with van der Waals surface area (Å²) in [7, 11) is -0.0144. The van der Waals surface area contributed by atoms with Gasteiger partial charge in [-0.05, 0) is 62.7 Å². The highest BCUT2D eigenvalue weighted by molar-refractivity contribution is 6.70. The number of ether oxygens (including phenoxy) is 1. The fourth-order valence-corrected chi connectivity index (χ4v) is 3.19. The van der Waals surface area contributed by atoms with Gasteiger partial charge in [-0.2, -0.15) is 0 Å². The monoisotopic (exact) mass is 348 g/mol. The van der Waals surface area contributed by atoms with Crippen molar-refractivity contribution in [1.82, 2.24) is 0 Å². The Kier molecular flexibility index (Phi) is 8.83. The van der Waals surface area contributed by atoms with Crippen molar-refractivity contribution < 1.29 is 14.0 Å². The molecule has 4 heteroatoms. The number of carbonyl (C=O) groups excluding carboxylic acids is 1. The van der Waals surface area contributed by atoms with E-state index in [4.69, 9.17) is 9.16 Å². The van der Waals surface area contributed by atoms with E-state index >= 15 is 0 Å². The van der Waals surface area contributed by atoms with Crippen LogP contribution in [0.15, 0.2) is 30.4 Å². The third-order valence-corrected chi connectivity index (χ3v) is 4.41. The molecule has 0 aromatic heterocycles. The number of methoxy groups -OCH3 is 1.